The highest BCUT2D eigenvalue weighted by atomic mass is 31.3. The Bertz CT molecular complexity index is 1080. The first-order chi connectivity index (χ1) is 14.1. The van der Waals surface area contributed by atoms with Crippen molar-refractivity contribution in [1.82, 2.24) is 19.5 Å². The number of rotatable bonds is 7. The third-order valence-corrected chi connectivity index (χ3v) is 6.58. The van der Waals surface area contributed by atoms with Gasteiger partial charge in [0.25, 0.3) is 0 Å². The highest BCUT2D eigenvalue weighted by molar-refractivity contribution is 7.60. The molecule has 2 aromatic heterocycles. The second-order valence-electron chi connectivity index (χ2n) is 7.08. The Labute approximate surface area is 174 Å². The summed E-state index contributed by atoms with van der Waals surface area (Å²) < 4.78 is 52.5. The zero-order valence-electron chi connectivity index (χ0n) is 16.4. The number of nitrogens with two attached hydrogens (primary N) is 1. The van der Waals surface area contributed by atoms with Crippen molar-refractivity contribution in [2.24, 2.45) is 0 Å². The number of aromatic nitrogens is 4. The van der Waals surface area contributed by atoms with Crippen LogP contribution in [-0.2, 0) is 22.7 Å². The molecule has 0 spiro atoms. The molecule has 31 heavy (non-hydrogen) atoms. The standard InChI is InChI=1S/C13H21FN6O9P2/c1-13(14)8(21)6(4-27-31(25,26)29-30(22,23)24)28-11(13)20-5-16-7-9(19(2)3)17-12(15)18-10(7)20/h5-6,8,11,21H,4H2,1-3H3,(H,25,26)(H2,15,17,18)(H2,22,23,24)/t6-,8-,11-,13-/m1/s1. The number of hydrogen-bond acceptors (Lipinski definition) is 11. The summed E-state index contributed by atoms with van der Waals surface area (Å²) in [6, 6.07) is 0. The van der Waals surface area contributed by atoms with E-state index < -0.39 is 46.4 Å². The number of anilines is 2. The normalized spacial score (nSPS) is 28.7. The van der Waals surface area contributed by atoms with Gasteiger partial charge < -0.3 is 35.2 Å². The van der Waals surface area contributed by atoms with E-state index in [9.17, 15) is 19.1 Å². The predicted molar refractivity (Wildman–Crippen MR) is 102 cm³/mol. The van der Waals surface area contributed by atoms with Crippen LogP contribution in [0.2, 0.25) is 0 Å². The molecule has 18 heteroatoms. The van der Waals surface area contributed by atoms with Gasteiger partial charge in [0, 0.05) is 14.1 Å². The molecule has 0 bridgehead atoms. The van der Waals surface area contributed by atoms with Crippen molar-refractivity contribution in [2.75, 3.05) is 31.3 Å². The van der Waals surface area contributed by atoms with Gasteiger partial charge in [-0.15, -0.1) is 0 Å². The summed E-state index contributed by atoms with van der Waals surface area (Å²) in [5.74, 6) is 0.240. The second-order valence-corrected chi connectivity index (χ2v) is 9.91. The Balaban J connectivity index is 1.89. The molecule has 1 unspecified atom stereocenters. The molecule has 5 atom stereocenters. The summed E-state index contributed by atoms with van der Waals surface area (Å²) >= 11 is 0. The van der Waals surface area contributed by atoms with Crippen molar-refractivity contribution < 1.29 is 46.9 Å². The minimum absolute atomic E-state index is 0.108. The molecule has 0 aliphatic carbocycles. The summed E-state index contributed by atoms with van der Waals surface area (Å²) in [5, 5.41) is 10.3. The van der Waals surface area contributed by atoms with Crippen LogP contribution in [0.3, 0.4) is 0 Å². The minimum Gasteiger partial charge on any atom is -0.387 e. The number of phosphoric ester groups is 1. The van der Waals surface area contributed by atoms with Gasteiger partial charge in [-0.2, -0.15) is 14.3 Å². The molecule has 1 aliphatic rings. The average Bonchev–Trinajstić information content (AvgIpc) is 3.10. The van der Waals surface area contributed by atoms with Gasteiger partial charge in [-0.25, -0.2) is 18.5 Å². The molecule has 0 amide bonds. The van der Waals surface area contributed by atoms with Gasteiger partial charge in [0.2, 0.25) is 5.95 Å². The number of aliphatic hydroxyl groups is 1. The molecule has 2 aromatic rings. The van der Waals surface area contributed by atoms with Crippen molar-refractivity contribution in [3.8, 4) is 0 Å². The fraction of sp³-hybridized carbons (Fsp3) is 0.615. The molecule has 6 N–H and O–H groups in total. The van der Waals surface area contributed by atoms with Crippen LogP contribution in [0.4, 0.5) is 16.2 Å². The number of fused-ring (bicyclic) bond motifs is 1. The Morgan fingerprint density at radius 2 is 2.00 bits per heavy atom. The van der Waals surface area contributed by atoms with Crippen LogP contribution in [0.5, 0.6) is 0 Å². The van der Waals surface area contributed by atoms with E-state index in [2.05, 4.69) is 23.8 Å². The zero-order valence-corrected chi connectivity index (χ0v) is 18.2. The van der Waals surface area contributed by atoms with Crippen LogP contribution in [-0.4, -0.2) is 77.9 Å². The first kappa shape index (κ1) is 23.9. The van der Waals surface area contributed by atoms with E-state index in [0.29, 0.717) is 5.82 Å². The van der Waals surface area contributed by atoms with Crippen LogP contribution in [0.25, 0.3) is 11.2 Å². The largest absolute Gasteiger partial charge is 0.481 e. The molecule has 0 radical (unpaired) electrons. The van der Waals surface area contributed by atoms with Crippen molar-refractivity contribution in [1.29, 1.82) is 0 Å². The first-order valence-electron chi connectivity index (χ1n) is 8.56. The van der Waals surface area contributed by atoms with Gasteiger partial charge in [0.05, 0.1) is 12.9 Å². The Morgan fingerprint density at radius 3 is 2.58 bits per heavy atom. The number of ether oxygens (including phenoxy) is 1. The van der Waals surface area contributed by atoms with Crippen LogP contribution in [0, 0.1) is 0 Å². The Hall–Kier alpha value is -1.74. The van der Waals surface area contributed by atoms with Crippen molar-refractivity contribution in [3.05, 3.63) is 6.33 Å². The molecule has 15 nitrogen and oxygen atoms in total. The average molecular weight is 486 g/mol. The number of nitrogens with zero attached hydrogens (tertiary/aromatic N) is 5. The number of nitrogen functional groups attached to an aromatic ring is 1. The van der Waals surface area contributed by atoms with Crippen LogP contribution >= 0.6 is 15.6 Å². The lowest BCUT2D eigenvalue weighted by Crippen LogP contribution is -2.40. The summed E-state index contributed by atoms with van der Waals surface area (Å²) in [4.78, 5) is 40.5. The van der Waals surface area contributed by atoms with Crippen molar-refractivity contribution >= 4 is 38.6 Å². The molecular formula is C13H21FN6O9P2. The molecule has 174 valence electrons. The Morgan fingerprint density at radius 1 is 1.35 bits per heavy atom. The molecule has 3 heterocycles. The molecule has 1 saturated heterocycles. The fourth-order valence-corrected chi connectivity index (χ4v) is 4.68. The Kier molecular flexibility index (Phi) is 6.17. The summed E-state index contributed by atoms with van der Waals surface area (Å²) in [5.41, 5.74) is 3.66. The second kappa shape index (κ2) is 7.99. The van der Waals surface area contributed by atoms with E-state index in [1.807, 2.05) is 0 Å². The number of alkyl halides is 1. The highest BCUT2D eigenvalue weighted by Gasteiger charge is 2.56. The fourth-order valence-electron chi connectivity index (χ4n) is 3.08. The predicted octanol–water partition coefficient (Wildman–Crippen LogP) is -0.313. The summed E-state index contributed by atoms with van der Waals surface area (Å²) in [6.07, 6.45) is -3.67. The SMILES string of the molecule is CN(C)c1nc(N)nc2c1ncn2[C@@H]1O[C@H](COP(=O)(O)OP(=O)(O)O)[C@@H](O)[C@@]1(C)F. The molecular weight excluding hydrogens is 465 g/mol. The number of imidazole rings is 1. The van der Waals surface area contributed by atoms with Gasteiger partial charge in [0.15, 0.2) is 28.9 Å². The number of aliphatic hydroxyl groups excluding tert-OH is 1. The molecule has 0 saturated carbocycles. The molecule has 1 fully saturated rings. The van der Waals surface area contributed by atoms with E-state index >= 15 is 4.39 Å². The number of phosphoric acid groups is 2. The lowest BCUT2D eigenvalue weighted by atomic mass is 9.98. The molecule has 3 rings (SSSR count). The van der Waals surface area contributed by atoms with E-state index in [1.165, 1.54) is 10.9 Å². The molecule has 0 aromatic carbocycles. The quantitative estimate of drug-likeness (QED) is 0.317. The smallest absolute Gasteiger partial charge is 0.387 e. The van der Waals surface area contributed by atoms with Gasteiger partial charge in [0.1, 0.15) is 12.2 Å². The van der Waals surface area contributed by atoms with E-state index in [1.54, 1.807) is 19.0 Å². The maximum Gasteiger partial charge on any atom is 0.481 e. The van der Waals surface area contributed by atoms with Crippen LogP contribution in [0.1, 0.15) is 13.2 Å². The lowest BCUT2D eigenvalue weighted by Gasteiger charge is -2.24. The van der Waals surface area contributed by atoms with Crippen molar-refractivity contribution in [2.45, 2.75) is 31.0 Å². The van der Waals surface area contributed by atoms with Gasteiger partial charge >= 0.3 is 15.6 Å². The first-order valence-corrected chi connectivity index (χ1v) is 11.6. The number of hydrogen-bond donors (Lipinski definition) is 5. The van der Waals surface area contributed by atoms with Crippen LogP contribution < -0.4 is 10.6 Å². The van der Waals surface area contributed by atoms with Gasteiger partial charge in [-0.05, 0) is 6.92 Å². The zero-order chi connectivity index (χ0) is 23.4. The highest BCUT2D eigenvalue weighted by Crippen LogP contribution is 2.58. The lowest BCUT2D eigenvalue weighted by molar-refractivity contribution is -0.0560. The maximum absolute atomic E-state index is 15.4. The number of halogens is 1. The van der Waals surface area contributed by atoms with Crippen molar-refractivity contribution in [3.63, 3.8) is 0 Å². The summed E-state index contributed by atoms with van der Waals surface area (Å²) in [6.45, 7) is 0.105. The van der Waals surface area contributed by atoms with Gasteiger partial charge in [-0.3, -0.25) is 9.09 Å². The maximum atomic E-state index is 15.4. The third kappa shape index (κ3) is 4.87. The van der Waals surface area contributed by atoms with E-state index in [0.717, 1.165) is 6.92 Å². The monoisotopic (exact) mass is 486 g/mol. The van der Waals surface area contributed by atoms with Gasteiger partial charge in [-0.1, -0.05) is 0 Å². The topological polar surface area (TPSA) is 216 Å². The third-order valence-electron chi connectivity index (χ3n) is 4.43. The minimum atomic E-state index is -5.34. The van der Waals surface area contributed by atoms with E-state index in [-0.39, 0.29) is 17.1 Å². The summed E-state index contributed by atoms with van der Waals surface area (Å²) in [7, 11) is -7.18. The molecule has 1 aliphatic heterocycles. The van der Waals surface area contributed by atoms with Crippen LogP contribution in [0.15, 0.2) is 6.33 Å². The van der Waals surface area contributed by atoms with E-state index in [4.69, 9.17) is 20.3 Å².